The first-order valence-corrected chi connectivity index (χ1v) is 9.46. The molecule has 0 saturated carbocycles. The van der Waals surface area contributed by atoms with Crippen molar-refractivity contribution in [1.82, 2.24) is 15.1 Å². The molecule has 0 radical (unpaired) electrons. The van der Waals surface area contributed by atoms with E-state index in [1.807, 2.05) is 25.7 Å². The van der Waals surface area contributed by atoms with Gasteiger partial charge < -0.3 is 15.1 Å². The molecule has 1 unspecified atom stereocenters. The van der Waals surface area contributed by atoms with E-state index in [1.165, 1.54) is 0 Å². The Balaban J connectivity index is 1.79. The van der Waals surface area contributed by atoms with Gasteiger partial charge in [-0.25, -0.2) is 0 Å². The predicted octanol–water partition coefficient (Wildman–Crippen LogP) is 1.79. The molecule has 0 aromatic heterocycles. The minimum absolute atomic E-state index is 0.0212. The number of amides is 3. The summed E-state index contributed by atoms with van der Waals surface area (Å²) in [7, 11) is 0. The highest BCUT2D eigenvalue weighted by atomic mass is 16.2. The molecule has 0 aromatic rings. The molecule has 1 N–H and O–H groups in total. The summed E-state index contributed by atoms with van der Waals surface area (Å²) in [5.74, 6) is 0.360. The summed E-state index contributed by atoms with van der Waals surface area (Å²) in [6, 6.07) is 0.106. The van der Waals surface area contributed by atoms with Crippen molar-refractivity contribution < 1.29 is 14.4 Å². The van der Waals surface area contributed by atoms with E-state index in [4.69, 9.17) is 0 Å². The average Bonchev–Trinajstić information content (AvgIpc) is 2.89. The lowest BCUT2D eigenvalue weighted by Crippen LogP contribution is -2.48. The van der Waals surface area contributed by atoms with Crippen LogP contribution in [0, 0.1) is 11.8 Å². The lowest BCUT2D eigenvalue weighted by Gasteiger charge is -2.34. The Bertz CT molecular complexity index is 516. The van der Waals surface area contributed by atoms with E-state index in [0.29, 0.717) is 38.4 Å². The van der Waals surface area contributed by atoms with Crippen LogP contribution >= 0.6 is 0 Å². The maximum Gasteiger partial charge on any atom is 0.225 e. The van der Waals surface area contributed by atoms with Gasteiger partial charge in [-0.1, -0.05) is 13.8 Å². The summed E-state index contributed by atoms with van der Waals surface area (Å²) in [5, 5.41) is 3.10. The summed E-state index contributed by atoms with van der Waals surface area (Å²) in [6.07, 6.45) is 2.47. The molecule has 2 fully saturated rings. The maximum absolute atomic E-state index is 12.5. The van der Waals surface area contributed by atoms with E-state index in [2.05, 4.69) is 19.2 Å². The third-order valence-corrected chi connectivity index (χ3v) is 5.08. The molecule has 2 heterocycles. The van der Waals surface area contributed by atoms with Crippen LogP contribution in [0.4, 0.5) is 0 Å². The first kappa shape index (κ1) is 19.7. The zero-order valence-corrected chi connectivity index (χ0v) is 16.3. The molecule has 3 amide bonds. The summed E-state index contributed by atoms with van der Waals surface area (Å²) in [6.45, 7) is 12.0. The molecule has 6 heteroatoms. The molecule has 2 rings (SSSR count). The second kappa shape index (κ2) is 7.75. The highest BCUT2D eigenvalue weighted by Gasteiger charge is 2.40. The van der Waals surface area contributed by atoms with Crippen LogP contribution in [0.25, 0.3) is 0 Å². The summed E-state index contributed by atoms with van der Waals surface area (Å²) < 4.78 is 0. The van der Waals surface area contributed by atoms with Gasteiger partial charge in [0.25, 0.3) is 0 Å². The first-order valence-electron chi connectivity index (χ1n) is 9.46. The summed E-state index contributed by atoms with van der Waals surface area (Å²) >= 11 is 0. The van der Waals surface area contributed by atoms with Crippen molar-refractivity contribution in [1.29, 1.82) is 0 Å². The second-order valence-electron chi connectivity index (χ2n) is 8.84. The highest BCUT2D eigenvalue weighted by molar-refractivity contribution is 5.89. The third kappa shape index (κ3) is 5.19. The van der Waals surface area contributed by atoms with Crippen molar-refractivity contribution >= 4 is 17.7 Å². The van der Waals surface area contributed by atoms with Gasteiger partial charge in [-0.05, 0) is 39.5 Å². The molecule has 142 valence electrons. The van der Waals surface area contributed by atoms with Crippen molar-refractivity contribution in [2.24, 2.45) is 11.8 Å². The summed E-state index contributed by atoms with van der Waals surface area (Å²) in [4.78, 5) is 40.5. The fourth-order valence-corrected chi connectivity index (χ4v) is 3.60. The molecule has 2 aliphatic rings. The predicted molar refractivity (Wildman–Crippen MR) is 96.8 cm³/mol. The maximum atomic E-state index is 12.5. The van der Waals surface area contributed by atoms with Crippen molar-refractivity contribution in [3.8, 4) is 0 Å². The van der Waals surface area contributed by atoms with E-state index in [1.54, 1.807) is 4.90 Å². The monoisotopic (exact) mass is 351 g/mol. The molecular weight excluding hydrogens is 318 g/mol. The van der Waals surface area contributed by atoms with Gasteiger partial charge >= 0.3 is 0 Å². The molecule has 6 nitrogen and oxygen atoms in total. The quantitative estimate of drug-likeness (QED) is 0.839. The summed E-state index contributed by atoms with van der Waals surface area (Å²) in [5.41, 5.74) is -0.242. The van der Waals surface area contributed by atoms with Gasteiger partial charge in [-0.3, -0.25) is 14.4 Å². The number of nitrogens with zero attached hydrogens (tertiary/aromatic N) is 2. The Labute approximate surface area is 151 Å². The van der Waals surface area contributed by atoms with Gasteiger partial charge in [-0.15, -0.1) is 0 Å². The Hall–Kier alpha value is -1.59. The van der Waals surface area contributed by atoms with Gasteiger partial charge in [0, 0.05) is 44.1 Å². The van der Waals surface area contributed by atoms with Gasteiger partial charge in [0.05, 0.1) is 5.92 Å². The smallest absolute Gasteiger partial charge is 0.225 e. The Morgan fingerprint density at radius 1 is 1.20 bits per heavy atom. The van der Waals surface area contributed by atoms with Gasteiger partial charge in [0.15, 0.2) is 0 Å². The highest BCUT2D eigenvalue weighted by Crippen LogP contribution is 2.26. The van der Waals surface area contributed by atoms with Crippen LogP contribution in [0.1, 0.15) is 60.3 Å². The van der Waals surface area contributed by atoms with E-state index in [9.17, 15) is 14.4 Å². The number of likely N-dealkylation sites (tertiary alicyclic amines) is 2. The second-order valence-corrected chi connectivity index (χ2v) is 8.84. The van der Waals surface area contributed by atoms with Gasteiger partial charge in [0.2, 0.25) is 17.7 Å². The molecule has 0 spiro atoms. The van der Waals surface area contributed by atoms with Crippen LogP contribution < -0.4 is 5.32 Å². The van der Waals surface area contributed by atoms with E-state index in [0.717, 1.165) is 12.8 Å². The van der Waals surface area contributed by atoms with Gasteiger partial charge in [0.1, 0.15) is 0 Å². The van der Waals surface area contributed by atoms with Crippen molar-refractivity contribution in [3.05, 3.63) is 0 Å². The molecule has 25 heavy (non-hydrogen) atoms. The number of rotatable bonds is 4. The number of hydrogen-bond acceptors (Lipinski definition) is 3. The standard InChI is InChI=1S/C19H33N3O3/c1-13(2)10-16(23)21-8-6-15(7-9-21)20-18(25)14-11-17(24)22(12-14)19(3,4)5/h13-15H,6-12H2,1-5H3,(H,20,25). The molecular formula is C19H33N3O3. The molecule has 2 aliphatic heterocycles. The third-order valence-electron chi connectivity index (χ3n) is 5.08. The molecule has 2 saturated heterocycles. The lowest BCUT2D eigenvalue weighted by atomic mass is 10.0. The van der Waals surface area contributed by atoms with Crippen molar-refractivity contribution in [2.45, 2.75) is 71.9 Å². The van der Waals surface area contributed by atoms with Crippen LogP contribution in [0.15, 0.2) is 0 Å². The number of nitrogens with one attached hydrogen (secondary N) is 1. The minimum Gasteiger partial charge on any atom is -0.353 e. The van der Waals surface area contributed by atoms with Crippen LogP contribution in [-0.4, -0.2) is 58.7 Å². The normalized spacial score (nSPS) is 22.6. The molecule has 0 bridgehead atoms. The zero-order valence-electron chi connectivity index (χ0n) is 16.3. The van der Waals surface area contributed by atoms with Gasteiger partial charge in [-0.2, -0.15) is 0 Å². The zero-order chi connectivity index (χ0) is 18.8. The Morgan fingerprint density at radius 3 is 2.28 bits per heavy atom. The Kier molecular flexibility index (Phi) is 6.12. The Morgan fingerprint density at radius 2 is 1.80 bits per heavy atom. The first-order chi connectivity index (χ1) is 11.6. The number of hydrogen-bond donors (Lipinski definition) is 1. The largest absolute Gasteiger partial charge is 0.353 e. The fourth-order valence-electron chi connectivity index (χ4n) is 3.60. The molecule has 0 aliphatic carbocycles. The lowest BCUT2D eigenvalue weighted by molar-refractivity contribution is -0.134. The van der Waals surface area contributed by atoms with E-state index < -0.39 is 0 Å². The van der Waals surface area contributed by atoms with E-state index in [-0.39, 0.29) is 35.2 Å². The number of piperidine rings is 1. The average molecular weight is 351 g/mol. The number of carbonyl (C=O) groups excluding carboxylic acids is 3. The minimum atomic E-state index is -0.257. The van der Waals surface area contributed by atoms with Crippen LogP contribution in [0.5, 0.6) is 0 Å². The molecule has 0 aromatic carbocycles. The van der Waals surface area contributed by atoms with Crippen molar-refractivity contribution in [3.63, 3.8) is 0 Å². The topological polar surface area (TPSA) is 69.7 Å². The van der Waals surface area contributed by atoms with Crippen LogP contribution in [0.2, 0.25) is 0 Å². The van der Waals surface area contributed by atoms with E-state index >= 15 is 0 Å². The van der Waals surface area contributed by atoms with Crippen molar-refractivity contribution in [2.75, 3.05) is 19.6 Å². The van der Waals surface area contributed by atoms with Crippen LogP contribution in [-0.2, 0) is 14.4 Å². The van der Waals surface area contributed by atoms with Crippen LogP contribution in [0.3, 0.4) is 0 Å². The molecule has 1 atom stereocenters. The number of carbonyl (C=O) groups is 3. The fraction of sp³-hybridized carbons (Fsp3) is 0.842. The SMILES string of the molecule is CC(C)CC(=O)N1CCC(NC(=O)C2CC(=O)N(C(C)(C)C)C2)CC1.